The van der Waals surface area contributed by atoms with Crippen molar-refractivity contribution in [3.05, 3.63) is 24.5 Å². The van der Waals surface area contributed by atoms with Crippen LogP contribution in [0.15, 0.2) is 24.0 Å². The molecule has 0 aliphatic heterocycles. The van der Waals surface area contributed by atoms with Crippen molar-refractivity contribution in [1.29, 1.82) is 0 Å². The summed E-state index contributed by atoms with van der Waals surface area (Å²) in [5, 5.41) is 9.85. The average Bonchev–Trinajstić information content (AvgIpc) is 2.58. The number of hydrogen-bond acceptors (Lipinski definition) is 3. The predicted octanol–water partition coefficient (Wildman–Crippen LogP) is 1.29. The summed E-state index contributed by atoms with van der Waals surface area (Å²) >= 11 is 1.55. The van der Waals surface area contributed by atoms with Gasteiger partial charge in [-0.15, -0.1) is 13.0 Å². The van der Waals surface area contributed by atoms with Gasteiger partial charge in [-0.1, -0.05) is 23.8 Å². The molecule has 0 radical (unpaired) electrons. The van der Waals surface area contributed by atoms with Crippen LogP contribution < -0.4 is 0 Å². The van der Waals surface area contributed by atoms with Crippen LogP contribution in [0.3, 0.4) is 0 Å². The van der Waals surface area contributed by atoms with Crippen molar-refractivity contribution >= 4 is 11.8 Å². The molecule has 14 heavy (non-hydrogen) atoms. The minimum atomic E-state index is -0.0384. The van der Waals surface area contributed by atoms with Gasteiger partial charge in [0.25, 0.3) is 0 Å². The summed E-state index contributed by atoms with van der Waals surface area (Å²) in [5.41, 5.74) is 0.745. The van der Waals surface area contributed by atoms with Crippen molar-refractivity contribution in [2.24, 2.45) is 0 Å². The van der Waals surface area contributed by atoms with Crippen molar-refractivity contribution in [2.75, 3.05) is 5.75 Å². The number of nitrogens with zero attached hydrogens (tertiary/aromatic N) is 2. The van der Waals surface area contributed by atoms with Gasteiger partial charge in [-0.25, -0.2) is 4.98 Å². The Kier molecular flexibility index (Phi) is 4.30. The molecule has 0 atom stereocenters. The van der Waals surface area contributed by atoms with Crippen molar-refractivity contribution in [3.63, 3.8) is 0 Å². The minimum absolute atomic E-state index is 0.0384. The Labute approximate surface area is 87.9 Å². The van der Waals surface area contributed by atoms with Crippen LogP contribution in [-0.2, 0) is 13.2 Å². The summed E-state index contributed by atoms with van der Waals surface area (Å²) in [5.74, 6) is 3.32. The molecule has 0 unspecified atom stereocenters. The molecule has 0 amide bonds. The summed E-state index contributed by atoms with van der Waals surface area (Å²) in [6, 6.07) is 0. The fourth-order valence-corrected chi connectivity index (χ4v) is 1.76. The molecule has 1 heterocycles. The fourth-order valence-electron chi connectivity index (χ4n) is 1.03. The third-order valence-corrected chi connectivity index (χ3v) is 2.63. The number of imidazole rings is 1. The van der Waals surface area contributed by atoms with Crippen LogP contribution in [0.25, 0.3) is 0 Å². The van der Waals surface area contributed by atoms with Gasteiger partial charge in [0, 0.05) is 5.75 Å². The predicted molar refractivity (Wildman–Crippen MR) is 57.9 cm³/mol. The average molecular weight is 208 g/mol. The Balaban J connectivity index is 2.87. The lowest BCUT2D eigenvalue weighted by Gasteiger charge is -2.05. The molecule has 74 valence electrons. The number of rotatable bonds is 5. The van der Waals surface area contributed by atoms with E-state index in [1.54, 1.807) is 24.0 Å². The van der Waals surface area contributed by atoms with E-state index in [0.29, 0.717) is 6.54 Å². The Morgan fingerprint density at radius 3 is 3.14 bits per heavy atom. The quantitative estimate of drug-likeness (QED) is 0.450. The van der Waals surface area contributed by atoms with Gasteiger partial charge in [0.05, 0.1) is 25.0 Å². The van der Waals surface area contributed by atoms with Gasteiger partial charge in [-0.05, 0) is 0 Å². The molecule has 0 aliphatic carbocycles. The highest BCUT2D eigenvalue weighted by Gasteiger charge is 2.07. The molecular weight excluding hydrogens is 196 g/mol. The lowest BCUT2D eigenvalue weighted by molar-refractivity contribution is 0.270. The molecule has 1 aromatic rings. The lowest BCUT2D eigenvalue weighted by Crippen LogP contribution is -2.03. The van der Waals surface area contributed by atoms with E-state index >= 15 is 0 Å². The number of aliphatic hydroxyl groups is 1. The molecule has 0 fully saturated rings. The van der Waals surface area contributed by atoms with Crippen LogP contribution in [0.5, 0.6) is 0 Å². The summed E-state index contributed by atoms with van der Waals surface area (Å²) < 4.78 is 1.83. The maximum Gasteiger partial charge on any atom is 0.169 e. The van der Waals surface area contributed by atoms with E-state index in [1.807, 2.05) is 4.57 Å². The minimum Gasteiger partial charge on any atom is -0.390 e. The summed E-state index contributed by atoms with van der Waals surface area (Å²) in [4.78, 5) is 4.17. The topological polar surface area (TPSA) is 38.0 Å². The first-order valence-electron chi connectivity index (χ1n) is 4.16. The monoisotopic (exact) mass is 208 g/mol. The highest BCUT2D eigenvalue weighted by atomic mass is 32.2. The number of aromatic nitrogens is 2. The van der Waals surface area contributed by atoms with Gasteiger partial charge in [-0.3, -0.25) is 0 Å². The standard InChI is InChI=1S/C10H12N2OS/c1-3-5-12-9(8-13)7-11-10(12)14-6-4-2/h1,4,7,13H,2,5-6,8H2. The second-order valence-corrected chi connectivity index (χ2v) is 3.57. The third kappa shape index (κ3) is 2.41. The van der Waals surface area contributed by atoms with Crippen LogP contribution in [-0.4, -0.2) is 20.4 Å². The highest BCUT2D eigenvalue weighted by Crippen LogP contribution is 2.18. The van der Waals surface area contributed by atoms with E-state index in [9.17, 15) is 0 Å². The normalized spacial score (nSPS) is 9.71. The van der Waals surface area contributed by atoms with Gasteiger partial charge in [0.15, 0.2) is 5.16 Å². The molecule has 0 aromatic carbocycles. The zero-order valence-electron chi connectivity index (χ0n) is 7.81. The SMILES string of the molecule is C#CCn1c(CO)cnc1SCC=C. The van der Waals surface area contributed by atoms with Crippen LogP contribution in [0.1, 0.15) is 5.69 Å². The van der Waals surface area contributed by atoms with Crippen molar-refractivity contribution in [2.45, 2.75) is 18.3 Å². The molecule has 0 saturated carbocycles. The zero-order valence-corrected chi connectivity index (χ0v) is 8.63. The Morgan fingerprint density at radius 2 is 2.57 bits per heavy atom. The molecule has 0 saturated heterocycles. The molecule has 3 nitrogen and oxygen atoms in total. The molecular formula is C10H12N2OS. The molecule has 1 N–H and O–H groups in total. The Bertz CT molecular complexity index is 351. The van der Waals surface area contributed by atoms with Crippen molar-refractivity contribution < 1.29 is 5.11 Å². The lowest BCUT2D eigenvalue weighted by atomic mass is 10.5. The van der Waals surface area contributed by atoms with E-state index in [1.165, 1.54) is 0 Å². The van der Waals surface area contributed by atoms with Crippen molar-refractivity contribution in [3.8, 4) is 12.3 Å². The number of terminal acetylenes is 1. The van der Waals surface area contributed by atoms with Crippen LogP contribution >= 0.6 is 11.8 Å². The highest BCUT2D eigenvalue weighted by molar-refractivity contribution is 7.99. The number of thioether (sulfide) groups is 1. The molecule has 1 rings (SSSR count). The maximum atomic E-state index is 9.02. The van der Waals surface area contributed by atoms with E-state index < -0.39 is 0 Å². The second kappa shape index (κ2) is 5.53. The Hall–Kier alpha value is -1.18. The first-order chi connectivity index (χ1) is 6.83. The largest absolute Gasteiger partial charge is 0.390 e. The fraction of sp³-hybridized carbons (Fsp3) is 0.300. The first kappa shape index (κ1) is 10.9. The Morgan fingerprint density at radius 1 is 1.79 bits per heavy atom. The van der Waals surface area contributed by atoms with Gasteiger partial charge < -0.3 is 9.67 Å². The van der Waals surface area contributed by atoms with Crippen LogP contribution in [0.4, 0.5) is 0 Å². The maximum absolute atomic E-state index is 9.02. The second-order valence-electron chi connectivity index (χ2n) is 2.58. The van der Waals surface area contributed by atoms with Gasteiger partial charge in [-0.2, -0.15) is 0 Å². The number of hydrogen-bond donors (Lipinski definition) is 1. The summed E-state index contributed by atoms with van der Waals surface area (Å²) in [6.45, 7) is 4.03. The zero-order chi connectivity index (χ0) is 10.4. The summed E-state index contributed by atoms with van der Waals surface area (Å²) in [7, 11) is 0. The molecule has 0 aliphatic rings. The van der Waals surface area contributed by atoms with Crippen LogP contribution in [0.2, 0.25) is 0 Å². The van der Waals surface area contributed by atoms with Gasteiger partial charge in [0.2, 0.25) is 0 Å². The molecule has 0 bridgehead atoms. The summed E-state index contributed by atoms with van der Waals surface area (Å²) in [6.07, 6.45) is 8.68. The van der Waals surface area contributed by atoms with E-state index in [4.69, 9.17) is 11.5 Å². The number of aliphatic hydroxyl groups excluding tert-OH is 1. The van der Waals surface area contributed by atoms with Crippen LogP contribution in [0, 0.1) is 12.3 Å². The first-order valence-corrected chi connectivity index (χ1v) is 5.14. The van der Waals surface area contributed by atoms with Gasteiger partial charge >= 0.3 is 0 Å². The smallest absolute Gasteiger partial charge is 0.169 e. The van der Waals surface area contributed by atoms with E-state index in [-0.39, 0.29) is 6.61 Å². The van der Waals surface area contributed by atoms with Gasteiger partial charge in [0.1, 0.15) is 0 Å². The molecule has 0 spiro atoms. The molecule has 4 heteroatoms. The van der Waals surface area contributed by atoms with E-state index in [2.05, 4.69) is 17.5 Å². The van der Waals surface area contributed by atoms with Crippen molar-refractivity contribution in [1.82, 2.24) is 9.55 Å². The third-order valence-electron chi connectivity index (χ3n) is 1.64. The van der Waals surface area contributed by atoms with E-state index in [0.717, 1.165) is 16.6 Å². The molecule has 1 aromatic heterocycles.